The smallest absolute Gasteiger partial charge is 0.374 e. The van der Waals surface area contributed by atoms with Crippen LogP contribution in [0.25, 0.3) is 11.3 Å². The highest BCUT2D eigenvalue weighted by Gasteiger charge is 2.17. The zero-order valence-corrected chi connectivity index (χ0v) is 11.8. The van der Waals surface area contributed by atoms with E-state index in [0.29, 0.717) is 29.5 Å². The Labute approximate surface area is 125 Å². The summed E-state index contributed by atoms with van der Waals surface area (Å²) in [5, 5.41) is 13.2. The molecule has 0 spiro atoms. The van der Waals surface area contributed by atoms with Crippen LogP contribution in [0.1, 0.15) is 10.6 Å². The number of nitrogens with zero attached hydrogens (tertiary/aromatic N) is 2. The monoisotopic (exact) mass is 308 g/mol. The largest absolute Gasteiger partial charge is 0.475 e. The van der Waals surface area contributed by atoms with Gasteiger partial charge in [-0.05, 0) is 12.1 Å². The lowest BCUT2D eigenvalue weighted by Gasteiger charge is -2.29. The molecule has 7 heteroatoms. The fourth-order valence-electron chi connectivity index (χ4n) is 2.24. The minimum Gasteiger partial charge on any atom is -0.475 e. The molecule has 0 saturated carbocycles. The van der Waals surface area contributed by atoms with Crippen molar-refractivity contribution in [3.05, 3.63) is 35.0 Å². The predicted molar refractivity (Wildman–Crippen MR) is 76.9 cm³/mol. The minimum absolute atomic E-state index is 0.196. The van der Waals surface area contributed by atoms with Crippen molar-refractivity contribution in [1.29, 1.82) is 0 Å². The number of benzene rings is 1. The fraction of sp³-hybridized carbons (Fsp3) is 0.286. The average molecular weight is 309 g/mol. The molecule has 1 saturated heterocycles. The van der Waals surface area contributed by atoms with Crippen LogP contribution in [-0.2, 0) is 4.74 Å². The highest BCUT2D eigenvalue weighted by molar-refractivity contribution is 6.33. The molecule has 0 radical (unpaired) electrons. The van der Waals surface area contributed by atoms with Crippen molar-refractivity contribution in [3.8, 4) is 11.3 Å². The normalized spacial score (nSPS) is 15.2. The van der Waals surface area contributed by atoms with E-state index in [0.717, 1.165) is 18.8 Å². The molecule has 1 aliphatic heterocycles. The van der Waals surface area contributed by atoms with Crippen LogP contribution in [0.15, 0.2) is 28.8 Å². The van der Waals surface area contributed by atoms with Gasteiger partial charge in [-0.3, -0.25) is 0 Å². The number of halogens is 1. The molecule has 0 atom stereocenters. The van der Waals surface area contributed by atoms with Crippen LogP contribution in [0, 0.1) is 0 Å². The van der Waals surface area contributed by atoms with Crippen molar-refractivity contribution in [2.45, 2.75) is 0 Å². The first kappa shape index (κ1) is 13.9. The van der Waals surface area contributed by atoms with Crippen LogP contribution in [0.2, 0.25) is 5.02 Å². The Bertz CT molecular complexity index is 665. The molecule has 1 fully saturated rings. The molecular formula is C14H13ClN2O4. The van der Waals surface area contributed by atoms with Crippen molar-refractivity contribution in [1.82, 2.24) is 5.16 Å². The fourth-order valence-corrected chi connectivity index (χ4v) is 2.54. The van der Waals surface area contributed by atoms with Crippen molar-refractivity contribution in [2.75, 3.05) is 31.2 Å². The quantitative estimate of drug-likeness (QED) is 0.939. The Kier molecular flexibility index (Phi) is 3.81. The number of carbonyl (C=O) groups is 1. The minimum atomic E-state index is -1.15. The second-order valence-electron chi connectivity index (χ2n) is 4.65. The molecule has 6 nitrogen and oxygen atoms in total. The van der Waals surface area contributed by atoms with Crippen LogP contribution >= 0.6 is 11.6 Å². The molecule has 0 bridgehead atoms. The zero-order chi connectivity index (χ0) is 14.8. The van der Waals surface area contributed by atoms with Crippen molar-refractivity contribution >= 4 is 23.3 Å². The van der Waals surface area contributed by atoms with Crippen molar-refractivity contribution < 1.29 is 19.2 Å². The summed E-state index contributed by atoms with van der Waals surface area (Å²) in [4.78, 5) is 12.9. The molecule has 2 heterocycles. The van der Waals surface area contributed by atoms with Crippen LogP contribution < -0.4 is 4.90 Å². The molecule has 1 aromatic carbocycles. The van der Waals surface area contributed by atoms with Gasteiger partial charge in [-0.1, -0.05) is 22.8 Å². The summed E-state index contributed by atoms with van der Waals surface area (Å²) < 4.78 is 10.1. The molecule has 2 aromatic rings. The number of carboxylic acid groups (broad SMARTS) is 1. The van der Waals surface area contributed by atoms with Gasteiger partial charge >= 0.3 is 5.97 Å². The number of hydrogen-bond acceptors (Lipinski definition) is 5. The molecular weight excluding hydrogens is 296 g/mol. The lowest BCUT2D eigenvalue weighted by molar-refractivity contribution is 0.0652. The molecule has 21 heavy (non-hydrogen) atoms. The molecule has 0 aliphatic carbocycles. The predicted octanol–water partition coefficient (Wildman–Crippen LogP) is 2.53. The van der Waals surface area contributed by atoms with Crippen LogP contribution in [0.5, 0.6) is 0 Å². The van der Waals surface area contributed by atoms with Crippen molar-refractivity contribution in [2.24, 2.45) is 0 Å². The van der Waals surface area contributed by atoms with E-state index in [1.165, 1.54) is 6.07 Å². The molecule has 1 aromatic heterocycles. The van der Waals surface area contributed by atoms with Gasteiger partial charge in [0.1, 0.15) is 5.69 Å². The molecule has 3 rings (SSSR count). The molecule has 0 amide bonds. The van der Waals surface area contributed by atoms with Crippen molar-refractivity contribution in [3.63, 3.8) is 0 Å². The summed E-state index contributed by atoms with van der Waals surface area (Å²) in [6, 6.07) is 6.89. The Morgan fingerprint density at radius 1 is 1.29 bits per heavy atom. The van der Waals surface area contributed by atoms with Gasteiger partial charge in [0, 0.05) is 24.7 Å². The Morgan fingerprint density at radius 3 is 2.67 bits per heavy atom. The summed E-state index contributed by atoms with van der Waals surface area (Å²) in [6.45, 7) is 2.96. The van der Waals surface area contributed by atoms with E-state index in [-0.39, 0.29) is 5.76 Å². The third-order valence-electron chi connectivity index (χ3n) is 3.32. The number of aromatic carboxylic acids is 1. The van der Waals surface area contributed by atoms with Gasteiger partial charge in [0.25, 0.3) is 0 Å². The third kappa shape index (κ3) is 2.86. The van der Waals surface area contributed by atoms with Crippen LogP contribution in [0.4, 0.5) is 5.69 Å². The van der Waals surface area contributed by atoms with Gasteiger partial charge in [-0.15, -0.1) is 0 Å². The van der Waals surface area contributed by atoms with Crippen LogP contribution in [0.3, 0.4) is 0 Å². The maximum atomic E-state index is 10.8. The Morgan fingerprint density at radius 2 is 2.05 bits per heavy atom. The van der Waals surface area contributed by atoms with Gasteiger partial charge in [-0.25, -0.2) is 4.79 Å². The standard InChI is InChI=1S/C14H13ClN2O4/c15-10-7-9(11-8-13(14(18)19)21-16-11)1-2-12(10)17-3-5-20-6-4-17/h1-2,7-8H,3-6H2,(H,18,19). The first-order valence-corrected chi connectivity index (χ1v) is 6.85. The number of ether oxygens (including phenoxy) is 1. The number of morpholine rings is 1. The summed E-state index contributed by atoms with van der Waals surface area (Å²) in [5.74, 6) is -1.34. The van der Waals surface area contributed by atoms with Gasteiger partial charge in [0.2, 0.25) is 5.76 Å². The maximum Gasteiger partial charge on any atom is 0.374 e. The topological polar surface area (TPSA) is 75.8 Å². The van der Waals surface area contributed by atoms with Gasteiger partial charge in [0.05, 0.1) is 23.9 Å². The Balaban J connectivity index is 1.87. The maximum absolute atomic E-state index is 10.8. The number of hydrogen-bond donors (Lipinski definition) is 1. The van der Waals surface area contributed by atoms with Gasteiger partial charge in [-0.2, -0.15) is 0 Å². The summed E-state index contributed by atoms with van der Waals surface area (Å²) in [7, 11) is 0. The third-order valence-corrected chi connectivity index (χ3v) is 3.62. The number of aromatic nitrogens is 1. The van der Waals surface area contributed by atoms with E-state index in [4.69, 9.17) is 26.0 Å². The Hall–Kier alpha value is -2.05. The number of anilines is 1. The van der Waals surface area contributed by atoms with Crippen LogP contribution in [-0.4, -0.2) is 42.5 Å². The second kappa shape index (κ2) is 5.75. The summed E-state index contributed by atoms with van der Waals surface area (Å²) >= 11 is 6.32. The lowest BCUT2D eigenvalue weighted by Crippen LogP contribution is -2.36. The van der Waals surface area contributed by atoms with E-state index in [9.17, 15) is 4.79 Å². The van der Waals surface area contributed by atoms with Gasteiger partial charge < -0.3 is 19.3 Å². The van der Waals surface area contributed by atoms with E-state index >= 15 is 0 Å². The zero-order valence-electron chi connectivity index (χ0n) is 11.1. The molecule has 110 valence electrons. The number of carboxylic acids is 1. The highest BCUT2D eigenvalue weighted by atomic mass is 35.5. The highest BCUT2D eigenvalue weighted by Crippen LogP contribution is 2.31. The number of rotatable bonds is 3. The lowest BCUT2D eigenvalue weighted by atomic mass is 10.1. The van der Waals surface area contributed by atoms with E-state index in [1.54, 1.807) is 6.07 Å². The molecule has 1 aliphatic rings. The van der Waals surface area contributed by atoms with E-state index in [2.05, 4.69) is 10.1 Å². The summed E-state index contributed by atoms with van der Waals surface area (Å²) in [6.07, 6.45) is 0. The van der Waals surface area contributed by atoms with E-state index < -0.39 is 5.97 Å². The molecule has 1 N–H and O–H groups in total. The SMILES string of the molecule is O=C(O)c1cc(-c2ccc(N3CCOCC3)c(Cl)c2)no1. The van der Waals surface area contributed by atoms with E-state index in [1.807, 2.05) is 12.1 Å². The first-order chi connectivity index (χ1) is 10.1. The van der Waals surface area contributed by atoms with Gasteiger partial charge in [0.15, 0.2) is 0 Å². The first-order valence-electron chi connectivity index (χ1n) is 6.48. The molecule has 0 unspecified atom stereocenters. The summed E-state index contributed by atoms with van der Waals surface area (Å²) in [5.41, 5.74) is 2.10. The average Bonchev–Trinajstić information content (AvgIpc) is 2.98. The second-order valence-corrected chi connectivity index (χ2v) is 5.05.